The molecule has 3 rings (SSSR count). The van der Waals surface area contributed by atoms with Gasteiger partial charge in [0, 0.05) is 22.8 Å². The van der Waals surface area contributed by atoms with E-state index in [0.717, 1.165) is 22.8 Å². The van der Waals surface area contributed by atoms with Crippen molar-refractivity contribution < 1.29 is 13.3 Å². The van der Waals surface area contributed by atoms with E-state index in [1.54, 1.807) is 0 Å². The van der Waals surface area contributed by atoms with E-state index in [1.807, 2.05) is 12.3 Å². The Kier molecular flexibility index (Phi) is 3.38. The van der Waals surface area contributed by atoms with Crippen molar-refractivity contribution in [2.45, 2.75) is 13.3 Å². The minimum absolute atomic E-state index is 0.0363. The van der Waals surface area contributed by atoms with Crippen molar-refractivity contribution in [3.63, 3.8) is 0 Å². The van der Waals surface area contributed by atoms with Gasteiger partial charge in [-0.3, -0.25) is 0 Å². The molecule has 0 aliphatic rings. The summed E-state index contributed by atoms with van der Waals surface area (Å²) in [6, 6.07) is 1.83. The predicted octanol–water partition coefficient (Wildman–Crippen LogP) is 2.95. The van der Waals surface area contributed by atoms with Crippen LogP contribution in [-0.2, 0) is 6.42 Å². The molecule has 0 fully saturated rings. The standard InChI is InChI=1S/C13H10F2N4OS/c1-6-5-21-12(17-6)4-11-18-13(20-19-11)7-2-8(14)9(15)3-10(7)16/h2-3,5H,4,16H2,1H3. The van der Waals surface area contributed by atoms with Gasteiger partial charge in [0.05, 0.1) is 12.0 Å². The molecule has 0 radical (unpaired) electrons. The first-order valence-electron chi connectivity index (χ1n) is 6.01. The topological polar surface area (TPSA) is 77.8 Å². The van der Waals surface area contributed by atoms with E-state index in [1.165, 1.54) is 11.3 Å². The molecule has 108 valence electrons. The lowest BCUT2D eigenvalue weighted by molar-refractivity contribution is 0.423. The van der Waals surface area contributed by atoms with Crippen molar-refractivity contribution in [1.29, 1.82) is 0 Å². The fourth-order valence-electron chi connectivity index (χ4n) is 1.80. The molecule has 2 N–H and O–H groups in total. The molecule has 1 aromatic carbocycles. The summed E-state index contributed by atoms with van der Waals surface area (Å²) >= 11 is 1.49. The van der Waals surface area contributed by atoms with Crippen LogP contribution in [0.25, 0.3) is 11.5 Å². The quantitative estimate of drug-likeness (QED) is 0.753. The van der Waals surface area contributed by atoms with Crippen LogP contribution in [-0.4, -0.2) is 15.1 Å². The van der Waals surface area contributed by atoms with Crippen LogP contribution in [0.2, 0.25) is 0 Å². The zero-order valence-electron chi connectivity index (χ0n) is 10.9. The van der Waals surface area contributed by atoms with E-state index < -0.39 is 11.6 Å². The third-order valence-electron chi connectivity index (χ3n) is 2.77. The predicted molar refractivity (Wildman–Crippen MR) is 73.7 cm³/mol. The van der Waals surface area contributed by atoms with Crippen LogP contribution in [0.4, 0.5) is 14.5 Å². The lowest BCUT2D eigenvalue weighted by Crippen LogP contribution is -1.95. The Morgan fingerprint density at radius 1 is 1.24 bits per heavy atom. The number of nitrogen functional groups attached to an aromatic ring is 1. The van der Waals surface area contributed by atoms with Crippen molar-refractivity contribution in [2.75, 3.05) is 5.73 Å². The normalized spacial score (nSPS) is 11.0. The van der Waals surface area contributed by atoms with E-state index in [2.05, 4.69) is 15.1 Å². The Hall–Kier alpha value is -2.35. The fourth-order valence-corrected chi connectivity index (χ4v) is 2.57. The van der Waals surface area contributed by atoms with Gasteiger partial charge in [0.25, 0.3) is 5.89 Å². The first-order chi connectivity index (χ1) is 10.0. The first-order valence-corrected chi connectivity index (χ1v) is 6.89. The number of nitrogens with two attached hydrogens (primary N) is 1. The fraction of sp³-hybridized carbons (Fsp3) is 0.154. The van der Waals surface area contributed by atoms with Crippen LogP contribution < -0.4 is 5.73 Å². The highest BCUT2D eigenvalue weighted by atomic mass is 32.1. The van der Waals surface area contributed by atoms with Crippen molar-refractivity contribution in [3.05, 3.63) is 45.7 Å². The van der Waals surface area contributed by atoms with Crippen molar-refractivity contribution >= 4 is 17.0 Å². The van der Waals surface area contributed by atoms with E-state index >= 15 is 0 Å². The highest BCUT2D eigenvalue weighted by Crippen LogP contribution is 2.27. The van der Waals surface area contributed by atoms with Gasteiger partial charge in [-0.25, -0.2) is 13.8 Å². The molecule has 2 aromatic heterocycles. The molecule has 0 atom stereocenters. The van der Waals surface area contributed by atoms with Crippen LogP contribution in [0.15, 0.2) is 22.0 Å². The molecule has 2 heterocycles. The van der Waals surface area contributed by atoms with Crippen LogP contribution in [0.1, 0.15) is 16.5 Å². The molecule has 0 amide bonds. The van der Waals surface area contributed by atoms with Gasteiger partial charge in [-0.05, 0) is 13.0 Å². The largest absolute Gasteiger partial charge is 0.398 e. The average Bonchev–Trinajstić information content (AvgIpc) is 3.04. The molecular formula is C13H10F2N4OS. The van der Waals surface area contributed by atoms with Crippen molar-refractivity contribution in [2.24, 2.45) is 0 Å². The Labute approximate surface area is 122 Å². The maximum atomic E-state index is 13.3. The van der Waals surface area contributed by atoms with Gasteiger partial charge in [0.2, 0.25) is 0 Å². The van der Waals surface area contributed by atoms with Gasteiger partial charge < -0.3 is 10.3 Å². The molecule has 5 nitrogen and oxygen atoms in total. The molecule has 0 aliphatic carbocycles. The number of thiazole rings is 1. The molecule has 0 saturated carbocycles. The van der Waals surface area contributed by atoms with E-state index in [4.69, 9.17) is 10.3 Å². The molecule has 21 heavy (non-hydrogen) atoms. The SMILES string of the molecule is Cc1csc(Cc2noc(-c3cc(F)c(F)cc3N)n2)n1. The summed E-state index contributed by atoms with van der Waals surface area (Å²) in [5.74, 6) is -1.58. The third-order valence-corrected chi connectivity index (χ3v) is 3.73. The zero-order valence-corrected chi connectivity index (χ0v) is 11.7. The second-order valence-electron chi connectivity index (χ2n) is 4.43. The van der Waals surface area contributed by atoms with Crippen LogP contribution in [0.5, 0.6) is 0 Å². The number of hydrogen-bond acceptors (Lipinski definition) is 6. The summed E-state index contributed by atoms with van der Waals surface area (Å²) in [5, 5.41) is 6.56. The van der Waals surface area contributed by atoms with E-state index in [0.29, 0.717) is 12.2 Å². The number of benzene rings is 1. The third kappa shape index (κ3) is 2.75. The maximum Gasteiger partial charge on any atom is 0.260 e. The van der Waals surface area contributed by atoms with Gasteiger partial charge in [-0.15, -0.1) is 11.3 Å². The molecule has 0 unspecified atom stereocenters. The maximum absolute atomic E-state index is 13.3. The molecular weight excluding hydrogens is 298 g/mol. The van der Waals surface area contributed by atoms with Gasteiger partial charge >= 0.3 is 0 Å². The molecule has 8 heteroatoms. The summed E-state index contributed by atoms with van der Waals surface area (Å²) in [5.41, 5.74) is 6.77. The Morgan fingerprint density at radius 2 is 2.00 bits per heavy atom. The molecule has 0 bridgehead atoms. The molecule has 0 aliphatic heterocycles. The minimum Gasteiger partial charge on any atom is -0.398 e. The second-order valence-corrected chi connectivity index (χ2v) is 5.37. The Balaban J connectivity index is 1.89. The number of halogens is 2. The van der Waals surface area contributed by atoms with Gasteiger partial charge in [-0.2, -0.15) is 4.98 Å². The minimum atomic E-state index is -1.02. The van der Waals surface area contributed by atoms with Gasteiger partial charge in [0.1, 0.15) is 5.01 Å². The highest BCUT2D eigenvalue weighted by Gasteiger charge is 2.16. The number of rotatable bonds is 3. The number of aromatic nitrogens is 3. The van der Waals surface area contributed by atoms with Gasteiger partial charge in [-0.1, -0.05) is 5.16 Å². The number of hydrogen-bond donors (Lipinski definition) is 1. The number of nitrogens with zero attached hydrogens (tertiary/aromatic N) is 3. The van der Waals surface area contributed by atoms with Crippen LogP contribution in [0.3, 0.4) is 0 Å². The summed E-state index contributed by atoms with van der Waals surface area (Å²) in [4.78, 5) is 8.43. The Morgan fingerprint density at radius 3 is 2.71 bits per heavy atom. The Bertz CT molecular complexity index is 799. The molecule has 0 spiro atoms. The van der Waals surface area contributed by atoms with Crippen LogP contribution >= 0.6 is 11.3 Å². The van der Waals surface area contributed by atoms with E-state index in [-0.39, 0.29) is 17.1 Å². The first kappa shape index (κ1) is 13.6. The van der Waals surface area contributed by atoms with Gasteiger partial charge in [0.15, 0.2) is 17.5 Å². The molecule has 3 aromatic rings. The highest BCUT2D eigenvalue weighted by molar-refractivity contribution is 7.09. The van der Waals surface area contributed by atoms with Crippen molar-refractivity contribution in [3.8, 4) is 11.5 Å². The summed E-state index contributed by atoms with van der Waals surface area (Å²) in [6.07, 6.45) is 0.408. The average molecular weight is 308 g/mol. The smallest absolute Gasteiger partial charge is 0.260 e. The summed E-state index contributed by atoms with van der Waals surface area (Å²) in [6.45, 7) is 1.89. The molecule has 0 saturated heterocycles. The number of aryl methyl sites for hydroxylation is 1. The monoisotopic (exact) mass is 308 g/mol. The summed E-state index contributed by atoms with van der Waals surface area (Å²) in [7, 11) is 0. The lowest BCUT2D eigenvalue weighted by Gasteiger charge is -2.01. The lowest BCUT2D eigenvalue weighted by atomic mass is 10.1. The zero-order chi connectivity index (χ0) is 15.0. The van der Waals surface area contributed by atoms with E-state index in [9.17, 15) is 8.78 Å². The second kappa shape index (κ2) is 5.21. The number of anilines is 1. The van der Waals surface area contributed by atoms with Crippen LogP contribution in [0, 0.1) is 18.6 Å². The summed E-state index contributed by atoms with van der Waals surface area (Å²) < 4.78 is 31.4. The van der Waals surface area contributed by atoms with Crippen molar-refractivity contribution in [1.82, 2.24) is 15.1 Å².